The molecule has 1 saturated carbocycles. The Bertz CT molecular complexity index is 229. The summed E-state index contributed by atoms with van der Waals surface area (Å²) in [4.78, 5) is 3.20. The second kappa shape index (κ2) is 4.15. The zero-order chi connectivity index (χ0) is 10.1. The highest BCUT2D eigenvalue weighted by molar-refractivity contribution is 7.80. The molecule has 0 spiro atoms. The third-order valence-electron chi connectivity index (χ3n) is 3.96. The lowest BCUT2D eigenvalue weighted by atomic mass is 9.85. The molecule has 2 aliphatic rings. The van der Waals surface area contributed by atoms with E-state index >= 15 is 0 Å². The molecule has 1 heterocycles. The van der Waals surface area contributed by atoms with Crippen LogP contribution in [0.4, 0.5) is 0 Å². The van der Waals surface area contributed by atoms with Gasteiger partial charge in [-0.05, 0) is 38.6 Å². The Morgan fingerprint density at radius 1 is 1.36 bits per heavy atom. The topological polar surface area (TPSA) is 29.3 Å². The standard InChI is InChI=1S/C11H20N2S/c1-8(11(12)14)13-7-6-9-4-2-3-5-10(9)13/h8-10H,2-7H2,1H3,(H2,12,14). The monoisotopic (exact) mass is 212 g/mol. The van der Waals surface area contributed by atoms with Gasteiger partial charge in [-0.1, -0.05) is 25.1 Å². The van der Waals surface area contributed by atoms with E-state index in [1.807, 2.05) is 0 Å². The van der Waals surface area contributed by atoms with Crippen LogP contribution < -0.4 is 5.73 Å². The van der Waals surface area contributed by atoms with Gasteiger partial charge in [0.25, 0.3) is 0 Å². The van der Waals surface area contributed by atoms with Crippen molar-refractivity contribution in [2.75, 3.05) is 6.54 Å². The van der Waals surface area contributed by atoms with Gasteiger partial charge in [0.2, 0.25) is 0 Å². The Balaban J connectivity index is 2.03. The van der Waals surface area contributed by atoms with Crippen LogP contribution in [0, 0.1) is 5.92 Å². The molecule has 2 nitrogen and oxygen atoms in total. The zero-order valence-electron chi connectivity index (χ0n) is 8.91. The van der Waals surface area contributed by atoms with Crippen molar-refractivity contribution in [1.29, 1.82) is 0 Å². The fourth-order valence-electron chi connectivity index (χ4n) is 3.09. The molecule has 1 saturated heterocycles. The predicted octanol–water partition coefficient (Wildman–Crippen LogP) is 1.93. The Labute approximate surface area is 91.8 Å². The summed E-state index contributed by atoms with van der Waals surface area (Å²) in [6.45, 7) is 3.35. The lowest BCUT2D eigenvalue weighted by Gasteiger charge is -2.35. The Kier molecular flexibility index (Phi) is 3.07. The summed E-state index contributed by atoms with van der Waals surface area (Å²) in [5, 5.41) is 0. The summed E-state index contributed by atoms with van der Waals surface area (Å²) in [6, 6.07) is 1.08. The van der Waals surface area contributed by atoms with E-state index in [9.17, 15) is 0 Å². The molecule has 0 aromatic heterocycles. The van der Waals surface area contributed by atoms with Gasteiger partial charge in [-0.25, -0.2) is 0 Å². The molecular weight excluding hydrogens is 192 g/mol. The predicted molar refractivity (Wildman–Crippen MR) is 63.3 cm³/mol. The molecule has 3 heteroatoms. The van der Waals surface area contributed by atoms with E-state index in [2.05, 4.69) is 11.8 Å². The quantitative estimate of drug-likeness (QED) is 0.709. The summed E-state index contributed by atoms with van der Waals surface area (Å²) < 4.78 is 0. The van der Waals surface area contributed by atoms with E-state index in [1.54, 1.807) is 0 Å². The summed E-state index contributed by atoms with van der Waals surface area (Å²) in [7, 11) is 0. The maximum absolute atomic E-state index is 5.73. The number of thiocarbonyl (C=S) groups is 1. The molecule has 0 aromatic carbocycles. The molecule has 2 fully saturated rings. The highest BCUT2D eigenvalue weighted by Crippen LogP contribution is 2.37. The van der Waals surface area contributed by atoms with Gasteiger partial charge in [0.1, 0.15) is 0 Å². The van der Waals surface area contributed by atoms with E-state index in [-0.39, 0.29) is 0 Å². The molecule has 0 amide bonds. The van der Waals surface area contributed by atoms with Gasteiger partial charge in [0, 0.05) is 6.04 Å². The van der Waals surface area contributed by atoms with Crippen LogP contribution in [0.1, 0.15) is 39.0 Å². The van der Waals surface area contributed by atoms with Crippen LogP contribution in [0.2, 0.25) is 0 Å². The Morgan fingerprint density at radius 3 is 2.79 bits per heavy atom. The number of nitrogens with two attached hydrogens (primary N) is 1. The average Bonchev–Trinajstić information content (AvgIpc) is 2.60. The summed E-state index contributed by atoms with van der Waals surface area (Å²) >= 11 is 5.08. The third kappa shape index (κ3) is 1.80. The molecule has 14 heavy (non-hydrogen) atoms. The van der Waals surface area contributed by atoms with Crippen molar-refractivity contribution < 1.29 is 0 Å². The van der Waals surface area contributed by atoms with Gasteiger partial charge in [0.15, 0.2) is 0 Å². The van der Waals surface area contributed by atoms with Crippen molar-refractivity contribution in [2.24, 2.45) is 11.7 Å². The Morgan fingerprint density at radius 2 is 2.07 bits per heavy atom. The fourth-order valence-corrected chi connectivity index (χ4v) is 3.22. The number of hydrogen-bond donors (Lipinski definition) is 1. The molecule has 80 valence electrons. The molecule has 2 N–H and O–H groups in total. The van der Waals surface area contributed by atoms with Crippen LogP contribution in [-0.2, 0) is 0 Å². The normalized spacial score (nSPS) is 35.2. The molecule has 1 aliphatic carbocycles. The highest BCUT2D eigenvalue weighted by atomic mass is 32.1. The fraction of sp³-hybridized carbons (Fsp3) is 0.909. The number of hydrogen-bond acceptors (Lipinski definition) is 2. The average molecular weight is 212 g/mol. The minimum atomic E-state index is 0.304. The molecule has 1 aliphatic heterocycles. The second-order valence-electron chi connectivity index (χ2n) is 4.72. The van der Waals surface area contributed by atoms with E-state index in [4.69, 9.17) is 18.0 Å². The summed E-state index contributed by atoms with van der Waals surface area (Å²) in [5.41, 5.74) is 5.73. The van der Waals surface area contributed by atoms with Crippen molar-refractivity contribution in [3.63, 3.8) is 0 Å². The van der Waals surface area contributed by atoms with Crippen LogP contribution in [-0.4, -0.2) is 28.5 Å². The molecule has 0 bridgehead atoms. The van der Waals surface area contributed by atoms with Crippen molar-refractivity contribution in [3.05, 3.63) is 0 Å². The van der Waals surface area contributed by atoms with Crippen LogP contribution >= 0.6 is 12.2 Å². The van der Waals surface area contributed by atoms with Crippen LogP contribution in [0.5, 0.6) is 0 Å². The van der Waals surface area contributed by atoms with E-state index < -0.39 is 0 Å². The number of fused-ring (bicyclic) bond motifs is 1. The highest BCUT2D eigenvalue weighted by Gasteiger charge is 2.38. The van der Waals surface area contributed by atoms with Crippen molar-refractivity contribution in [1.82, 2.24) is 4.90 Å². The minimum Gasteiger partial charge on any atom is -0.392 e. The Hall–Kier alpha value is -0.150. The smallest absolute Gasteiger partial charge is 0.0899 e. The molecule has 3 unspecified atom stereocenters. The SMILES string of the molecule is CC(C(N)=S)N1CCC2CCCCC21. The largest absolute Gasteiger partial charge is 0.392 e. The molecule has 0 radical (unpaired) electrons. The van der Waals surface area contributed by atoms with Crippen LogP contribution in [0.3, 0.4) is 0 Å². The number of nitrogens with zero attached hydrogens (tertiary/aromatic N) is 1. The van der Waals surface area contributed by atoms with Gasteiger partial charge in [-0.15, -0.1) is 0 Å². The first-order chi connectivity index (χ1) is 6.70. The van der Waals surface area contributed by atoms with Crippen molar-refractivity contribution >= 4 is 17.2 Å². The molecule has 0 aromatic rings. The first-order valence-corrected chi connectivity index (χ1v) is 6.16. The van der Waals surface area contributed by atoms with Gasteiger partial charge in [-0.3, -0.25) is 4.90 Å². The van der Waals surface area contributed by atoms with Crippen molar-refractivity contribution in [3.8, 4) is 0 Å². The summed E-state index contributed by atoms with van der Waals surface area (Å²) in [6.07, 6.45) is 6.96. The minimum absolute atomic E-state index is 0.304. The van der Waals surface area contributed by atoms with Gasteiger partial charge in [-0.2, -0.15) is 0 Å². The van der Waals surface area contributed by atoms with Crippen LogP contribution in [0.25, 0.3) is 0 Å². The third-order valence-corrected chi connectivity index (χ3v) is 4.30. The lowest BCUT2D eigenvalue weighted by molar-refractivity contribution is 0.169. The maximum Gasteiger partial charge on any atom is 0.0899 e. The van der Waals surface area contributed by atoms with Gasteiger partial charge in [0.05, 0.1) is 11.0 Å². The number of rotatable bonds is 2. The lowest BCUT2D eigenvalue weighted by Crippen LogP contribution is -2.46. The number of likely N-dealkylation sites (tertiary alicyclic amines) is 1. The van der Waals surface area contributed by atoms with E-state index in [0.29, 0.717) is 11.0 Å². The van der Waals surface area contributed by atoms with Crippen molar-refractivity contribution in [2.45, 2.75) is 51.1 Å². The molecule has 2 rings (SSSR count). The van der Waals surface area contributed by atoms with E-state index in [1.165, 1.54) is 38.6 Å². The maximum atomic E-state index is 5.73. The summed E-state index contributed by atoms with van der Waals surface area (Å²) in [5.74, 6) is 0.931. The first-order valence-electron chi connectivity index (χ1n) is 5.75. The van der Waals surface area contributed by atoms with Gasteiger partial charge < -0.3 is 5.73 Å². The van der Waals surface area contributed by atoms with E-state index in [0.717, 1.165) is 12.0 Å². The molecule has 3 atom stereocenters. The van der Waals surface area contributed by atoms with Crippen LogP contribution in [0.15, 0.2) is 0 Å². The zero-order valence-corrected chi connectivity index (χ0v) is 9.72. The molecular formula is C11H20N2S. The first kappa shape index (κ1) is 10.4. The second-order valence-corrected chi connectivity index (χ2v) is 5.19. The van der Waals surface area contributed by atoms with Gasteiger partial charge >= 0.3 is 0 Å².